The highest BCUT2D eigenvalue weighted by Gasteiger charge is 2.41. The molecular formula is C10H14BrNOS. The van der Waals surface area contributed by atoms with Crippen molar-refractivity contribution in [2.45, 2.75) is 19.3 Å². The van der Waals surface area contributed by atoms with Gasteiger partial charge in [-0.05, 0) is 53.2 Å². The van der Waals surface area contributed by atoms with Crippen LogP contribution in [-0.4, -0.2) is 13.7 Å². The molecule has 4 heteroatoms. The second-order valence-electron chi connectivity index (χ2n) is 3.93. The summed E-state index contributed by atoms with van der Waals surface area (Å²) in [6.07, 6.45) is 3.67. The van der Waals surface area contributed by atoms with E-state index in [4.69, 9.17) is 10.5 Å². The third-order valence-corrected chi connectivity index (χ3v) is 4.78. The third kappa shape index (κ3) is 1.97. The van der Waals surface area contributed by atoms with Gasteiger partial charge in [-0.25, -0.2) is 0 Å². The summed E-state index contributed by atoms with van der Waals surface area (Å²) in [4.78, 5) is 1.37. The first kappa shape index (κ1) is 10.5. The van der Waals surface area contributed by atoms with Crippen molar-refractivity contribution in [3.63, 3.8) is 0 Å². The van der Waals surface area contributed by atoms with Crippen molar-refractivity contribution in [2.75, 3.05) is 13.7 Å². The third-order valence-electron chi connectivity index (χ3n) is 2.83. The summed E-state index contributed by atoms with van der Waals surface area (Å²) in [6, 6.07) is 2.15. The van der Waals surface area contributed by atoms with Gasteiger partial charge >= 0.3 is 0 Å². The largest absolute Gasteiger partial charge is 0.486 e. The molecule has 2 nitrogen and oxygen atoms in total. The van der Waals surface area contributed by atoms with E-state index in [0.29, 0.717) is 5.41 Å². The molecule has 1 saturated carbocycles. The molecule has 0 radical (unpaired) electrons. The molecule has 14 heavy (non-hydrogen) atoms. The maximum absolute atomic E-state index is 5.76. The Balaban J connectivity index is 2.10. The van der Waals surface area contributed by atoms with E-state index in [1.165, 1.54) is 17.7 Å². The molecule has 0 aliphatic heterocycles. The van der Waals surface area contributed by atoms with E-state index in [0.717, 1.165) is 22.5 Å². The Morgan fingerprint density at radius 1 is 1.64 bits per heavy atom. The summed E-state index contributed by atoms with van der Waals surface area (Å²) in [7, 11) is 1.70. The molecule has 1 aliphatic rings. The highest BCUT2D eigenvalue weighted by molar-refractivity contribution is 9.10. The van der Waals surface area contributed by atoms with Crippen LogP contribution < -0.4 is 10.5 Å². The zero-order chi connectivity index (χ0) is 10.2. The van der Waals surface area contributed by atoms with Gasteiger partial charge < -0.3 is 10.5 Å². The number of ether oxygens (including phenoxy) is 1. The molecule has 78 valence electrons. The molecule has 2 rings (SSSR count). The normalized spacial score (nSPS) is 18.2. The van der Waals surface area contributed by atoms with Crippen molar-refractivity contribution < 1.29 is 4.74 Å². The lowest BCUT2D eigenvalue weighted by atomic mass is 10.0. The fraction of sp³-hybridized carbons (Fsp3) is 0.600. The summed E-state index contributed by atoms with van der Waals surface area (Å²) in [5.74, 6) is 0. The molecule has 0 spiro atoms. The maximum atomic E-state index is 5.76. The summed E-state index contributed by atoms with van der Waals surface area (Å²) >= 11 is 5.20. The van der Waals surface area contributed by atoms with Crippen LogP contribution in [0.2, 0.25) is 0 Å². The van der Waals surface area contributed by atoms with E-state index >= 15 is 0 Å². The van der Waals surface area contributed by atoms with Gasteiger partial charge in [0.05, 0.1) is 11.6 Å². The van der Waals surface area contributed by atoms with Gasteiger partial charge in [-0.2, -0.15) is 0 Å². The minimum atomic E-state index is 0.412. The molecule has 1 aliphatic carbocycles. The van der Waals surface area contributed by atoms with Gasteiger partial charge in [0.1, 0.15) is 0 Å². The zero-order valence-corrected chi connectivity index (χ0v) is 10.6. The van der Waals surface area contributed by atoms with E-state index in [9.17, 15) is 0 Å². The molecule has 0 atom stereocenters. The fourth-order valence-electron chi connectivity index (χ4n) is 1.62. The monoisotopic (exact) mass is 275 g/mol. The quantitative estimate of drug-likeness (QED) is 0.917. The Kier molecular flexibility index (Phi) is 2.86. The molecule has 1 aromatic heterocycles. The van der Waals surface area contributed by atoms with Crippen molar-refractivity contribution in [2.24, 2.45) is 11.1 Å². The van der Waals surface area contributed by atoms with E-state index in [1.807, 2.05) is 0 Å². The molecule has 1 fully saturated rings. The molecule has 1 aromatic rings. The first-order valence-electron chi connectivity index (χ1n) is 4.71. The molecule has 2 N–H and O–H groups in total. The maximum Gasteiger partial charge on any atom is 0.188 e. The number of halogens is 1. The number of nitrogens with two attached hydrogens (primary N) is 1. The highest BCUT2D eigenvalue weighted by atomic mass is 79.9. The van der Waals surface area contributed by atoms with Gasteiger partial charge in [0.25, 0.3) is 0 Å². The van der Waals surface area contributed by atoms with Crippen molar-refractivity contribution >= 4 is 27.3 Å². The predicted octanol–water partition coefficient (Wildman–Crippen LogP) is 2.80. The average molecular weight is 276 g/mol. The van der Waals surface area contributed by atoms with Crippen molar-refractivity contribution in [1.29, 1.82) is 0 Å². The van der Waals surface area contributed by atoms with Crippen LogP contribution in [0.5, 0.6) is 5.06 Å². The number of hydrogen-bond donors (Lipinski definition) is 1. The van der Waals surface area contributed by atoms with E-state index in [2.05, 4.69) is 22.0 Å². The summed E-state index contributed by atoms with van der Waals surface area (Å²) < 4.78 is 6.30. The summed E-state index contributed by atoms with van der Waals surface area (Å²) in [5.41, 5.74) is 6.17. The SMILES string of the molecule is COc1sc(CC2(CN)CC2)cc1Br. The number of thiophene rings is 1. The van der Waals surface area contributed by atoms with Crippen molar-refractivity contribution in [3.05, 3.63) is 15.4 Å². The Hall–Kier alpha value is -0.0600. The lowest BCUT2D eigenvalue weighted by molar-refractivity contribution is 0.425. The van der Waals surface area contributed by atoms with Crippen LogP contribution in [0.4, 0.5) is 0 Å². The van der Waals surface area contributed by atoms with Gasteiger partial charge in [-0.3, -0.25) is 0 Å². The molecule has 0 bridgehead atoms. The lowest BCUT2D eigenvalue weighted by Gasteiger charge is -2.09. The van der Waals surface area contributed by atoms with Gasteiger partial charge in [-0.15, -0.1) is 11.3 Å². The van der Waals surface area contributed by atoms with Crippen LogP contribution in [-0.2, 0) is 6.42 Å². The lowest BCUT2D eigenvalue weighted by Crippen LogP contribution is -2.17. The molecule has 1 heterocycles. The van der Waals surface area contributed by atoms with E-state index in [-0.39, 0.29) is 0 Å². The standard InChI is InChI=1S/C10H14BrNOS/c1-13-9-8(11)4-7(14-9)5-10(6-12)2-3-10/h4H,2-3,5-6,12H2,1H3. The summed E-state index contributed by atoms with van der Waals surface area (Å²) in [6.45, 7) is 0.810. The van der Waals surface area contributed by atoms with Crippen LogP contribution in [0.25, 0.3) is 0 Å². The van der Waals surface area contributed by atoms with Crippen LogP contribution in [0, 0.1) is 5.41 Å². The van der Waals surface area contributed by atoms with Crippen LogP contribution >= 0.6 is 27.3 Å². The highest BCUT2D eigenvalue weighted by Crippen LogP contribution is 2.49. The van der Waals surface area contributed by atoms with Gasteiger partial charge in [-0.1, -0.05) is 0 Å². The van der Waals surface area contributed by atoms with Crippen LogP contribution in [0.15, 0.2) is 10.5 Å². The molecule has 0 amide bonds. The first-order valence-corrected chi connectivity index (χ1v) is 6.32. The predicted molar refractivity (Wildman–Crippen MR) is 63.0 cm³/mol. The molecular weight excluding hydrogens is 262 g/mol. The van der Waals surface area contributed by atoms with Crippen molar-refractivity contribution in [1.82, 2.24) is 0 Å². The first-order chi connectivity index (χ1) is 6.69. The second kappa shape index (κ2) is 3.83. The van der Waals surface area contributed by atoms with Crippen LogP contribution in [0.1, 0.15) is 17.7 Å². The average Bonchev–Trinajstić information content (AvgIpc) is 2.85. The molecule has 0 aromatic carbocycles. The topological polar surface area (TPSA) is 35.2 Å². The minimum absolute atomic E-state index is 0.412. The number of rotatable bonds is 4. The minimum Gasteiger partial charge on any atom is -0.486 e. The molecule has 0 saturated heterocycles. The Morgan fingerprint density at radius 3 is 2.79 bits per heavy atom. The van der Waals surface area contributed by atoms with Gasteiger partial charge in [0.2, 0.25) is 0 Å². The number of hydrogen-bond acceptors (Lipinski definition) is 3. The summed E-state index contributed by atoms with van der Waals surface area (Å²) in [5, 5.41) is 0.966. The second-order valence-corrected chi connectivity index (χ2v) is 5.89. The van der Waals surface area contributed by atoms with Crippen LogP contribution in [0.3, 0.4) is 0 Å². The van der Waals surface area contributed by atoms with Crippen molar-refractivity contribution in [3.8, 4) is 5.06 Å². The Morgan fingerprint density at radius 2 is 2.36 bits per heavy atom. The number of methoxy groups -OCH3 is 1. The fourth-order valence-corrected chi connectivity index (χ4v) is 3.49. The Labute approximate surface area is 96.6 Å². The van der Waals surface area contributed by atoms with E-state index in [1.54, 1.807) is 18.4 Å². The van der Waals surface area contributed by atoms with E-state index < -0.39 is 0 Å². The Bertz CT molecular complexity index is 333. The smallest absolute Gasteiger partial charge is 0.188 e. The zero-order valence-electron chi connectivity index (χ0n) is 8.18. The van der Waals surface area contributed by atoms with Gasteiger partial charge in [0.15, 0.2) is 5.06 Å². The van der Waals surface area contributed by atoms with Gasteiger partial charge in [0, 0.05) is 4.88 Å². The molecule has 0 unspecified atom stereocenters.